The van der Waals surface area contributed by atoms with Crippen LogP contribution in [0.15, 0.2) is 72.8 Å². The van der Waals surface area contributed by atoms with Crippen LogP contribution in [0.1, 0.15) is 48.9 Å². The highest BCUT2D eigenvalue weighted by molar-refractivity contribution is 6.39. The zero-order valence-corrected chi connectivity index (χ0v) is 29.8. The molecular weight excluding hydrogens is 675 g/mol. The molecule has 0 unspecified atom stereocenters. The monoisotopic (exact) mass is 716 g/mol. The SMILES string of the molecule is CCOC(=O)C[C@H](O)CN1Cc2ccc(-c3cccc(-c4cccc(-c5ccc6c(c5)CN(C[C@@H](O)CC(=O)OCC)C6)c4Cl)c3Cl)cc2C1. The first-order valence-corrected chi connectivity index (χ1v) is 17.8. The minimum Gasteiger partial charge on any atom is -0.466 e. The number of halogens is 2. The number of benzene rings is 4. The summed E-state index contributed by atoms with van der Waals surface area (Å²) >= 11 is 14.3. The maximum Gasteiger partial charge on any atom is 0.308 e. The number of carbonyl (C=O) groups excluding carboxylic acids is 2. The molecule has 0 radical (unpaired) electrons. The van der Waals surface area contributed by atoms with E-state index in [2.05, 4.69) is 46.2 Å². The van der Waals surface area contributed by atoms with E-state index in [1.165, 1.54) is 11.1 Å². The van der Waals surface area contributed by atoms with Gasteiger partial charge in [0.2, 0.25) is 0 Å². The van der Waals surface area contributed by atoms with Gasteiger partial charge >= 0.3 is 11.9 Å². The van der Waals surface area contributed by atoms with Gasteiger partial charge in [0.05, 0.1) is 48.3 Å². The number of fused-ring (bicyclic) bond motifs is 2. The second-order valence-corrected chi connectivity index (χ2v) is 13.7. The number of carbonyl (C=O) groups is 2. The molecule has 0 saturated heterocycles. The minimum atomic E-state index is -0.788. The lowest BCUT2D eigenvalue weighted by Gasteiger charge is -2.18. The topological polar surface area (TPSA) is 99.5 Å². The molecule has 4 aromatic carbocycles. The average Bonchev–Trinajstić information content (AvgIpc) is 3.67. The van der Waals surface area contributed by atoms with Crippen molar-refractivity contribution in [3.63, 3.8) is 0 Å². The molecule has 50 heavy (non-hydrogen) atoms. The number of rotatable bonds is 13. The Balaban J connectivity index is 1.18. The molecule has 0 bridgehead atoms. The van der Waals surface area contributed by atoms with Gasteiger partial charge in [-0.3, -0.25) is 19.4 Å². The third kappa shape index (κ3) is 8.23. The molecule has 0 fully saturated rings. The van der Waals surface area contributed by atoms with E-state index in [0.717, 1.165) is 44.5 Å². The van der Waals surface area contributed by atoms with Crippen LogP contribution in [0, 0.1) is 0 Å². The van der Waals surface area contributed by atoms with Crippen LogP contribution in [-0.2, 0) is 45.2 Å². The highest BCUT2D eigenvalue weighted by atomic mass is 35.5. The summed E-state index contributed by atoms with van der Waals surface area (Å²) in [6, 6.07) is 24.6. The molecular formula is C40H42Cl2N2O6. The molecule has 0 amide bonds. The van der Waals surface area contributed by atoms with Crippen molar-refractivity contribution in [3.8, 4) is 33.4 Å². The number of nitrogens with zero attached hydrogens (tertiary/aromatic N) is 2. The standard InChI is InChI=1S/C40H42Cl2N2O6/c1-3-49-37(47)17-31(45)23-43-19-27-13-11-25(15-29(27)21-43)33-7-5-9-35(39(33)41)36-10-6-8-34(40(36)42)26-12-14-28-20-44(22-30(28)16-26)24-32(46)18-38(48)50-4-2/h5-16,31-32,45-46H,3-4,17-24H2,1-2H3/t31-,32-/m0/s1. The van der Waals surface area contributed by atoms with Crippen LogP contribution in [0.3, 0.4) is 0 Å². The Labute approximate surface area is 303 Å². The van der Waals surface area contributed by atoms with Gasteiger partial charge in [-0.2, -0.15) is 0 Å². The molecule has 2 atom stereocenters. The largest absolute Gasteiger partial charge is 0.466 e. The Morgan fingerprint density at radius 1 is 0.620 bits per heavy atom. The molecule has 2 heterocycles. The zero-order valence-electron chi connectivity index (χ0n) is 28.3. The van der Waals surface area contributed by atoms with E-state index in [1.807, 2.05) is 36.4 Å². The van der Waals surface area contributed by atoms with Crippen molar-refractivity contribution in [2.45, 2.75) is 65.1 Å². The molecule has 2 aliphatic heterocycles. The molecule has 262 valence electrons. The highest BCUT2D eigenvalue weighted by Crippen LogP contribution is 2.43. The Hall–Kier alpha value is -3.76. The van der Waals surface area contributed by atoms with Gasteiger partial charge in [-0.05, 0) is 59.4 Å². The van der Waals surface area contributed by atoms with E-state index in [1.54, 1.807) is 13.8 Å². The molecule has 0 aromatic heterocycles. The molecule has 4 aromatic rings. The number of aliphatic hydroxyl groups is 2. The van der Waals surface area contributed by atoms with Crippen LogP contribution in [0.5, 0.6) is 0 Å². The van der Waals surface area contributed by atoms with Crippen molar-refractivity contribution < 1.29 is 29.3 Å². The lowest BCUT2D eigenvalue weighted by Crippen LogP contribution is -2.30. The third-order valence-corrected chi connectivity index (χ3v) is 10.1. The predicted molar refractivity (Wildman–Crippen MR) is 196 cm³/mol. The van der Waals surface area contributed by atoms with Crippen molar-refractivity contribution in [2.75, 3.05) is 26.3 Å². The summed E-state index contributed by atoms with van der Waals surface area (Å²) in [5.41, 5.74) is 10.2. The quantitative estimate of drug-likeness (QED) is 0.140. The number of aliphatic hydroxyl groups excluding tert-OH is 2. The summed E-state index contributed by atoms with van der Waals surface area (Å²) in [5.74, 6) is -0.778. The van der Waals surface area contributed by atoms with Gasteiger partial charge in [-0.15, -0.1) is 0 Å². The number of esters is 2. The Kier molecular flexibility index (Phi) is 11.6. The fourth-order valence-electron chi connectivity index (χ4n) is 7.00. The molecule has 2 aliphatic rings. The molecule has 2 N–H and O–H groups in total. The normalized spacial score (nSPS) is 15.4. The molecule has 8 nitrogen and oxygen atoms in total. The van der Waals surface area contributed by atoms with Crippen molar-refractivity contribution in [1.29, 1.82) is 0 Å². The van der Waals surface area contributed by atoms with E-state index in [9.17, 15) is 19.8 Å². The number of β-amino-alcohol motifs (C(OH)–C–C–N with tert-alkyl or cyclic N) is 2. The first-order chi connectivity index (χ1) is 24.1. The molecule has 10 heteroatoms. The van der Waals surface area contributed by atoms with E-state index in [4.69, 9.17) is 32.7 Å². The van der Waals surface area contributed by atoms with Crippen LogP contribution in [0.4, 0.5) is 0 Å². The maximum atomic E-state index is 11.8. The highest BCUT2D eigenvalue weighted by Gasteiger charge is 2.25. The van der Waals surface area contributed by atoms with E-state index in [-0.39, 0.29) is 24.8 Å². The Morgan fingerprint density at radius 3 is 1.40 bits per heavy atom. The molecule has 6 rings (SSSR count). The summed E-state index contributed by atoms with van der Waals surface area (Å²) in [6.45, 7) is 7.61. The second kappa shape index (κ2) is 16.1. The van der Waals surface area contributed by atoms with Crippen LogP contribution in [0.2, 0.25) is 10.0 Å². The van der Waals surface area contributed by atoms with E-state index in [0.29, 0.717) is 62.5 Å². The summed E-state index contributed by atoms with van der Waals surface area (Å²) in [7, 11) is 0. The molecule has 0 saturated carbocycles. The second-order valence-electron chi connectivity index (χ2n) is 13.0. The predicted octanol–water partition coefficient (Wildman–Crippen LogP) is 7.25. The first-order valence-electron chi connectivity index (χ1n) is 17.1. The summed E-state index contributed by atoms with van der Waals surface area (Å²) in [5, 5.41) is 22.1. The van der Waals surface area contributed by atoms with Gasteiger partial charge in [-0.1, -0.05) is 83.9 Å². The van der Waals surface area contributed by atoms with Gasteiger partial charge < -0.3 is 19.7 Å². The van der Waals surface area contributed by atoms with E-state index >= 15 is 0 Å². The van der Waals surface area contributed by atoms with Crippen LogP contribution in [0.25, 0.3) is 33.4 Å². The number of hydrogen-bond donors (Lipinski definition) is 2. The lowest BCUT2D eigenvalue weighted by molar-refractivity contribution is -0.146. The van der Waals surface area contributed by atoms with Gasteiger partial charge in [-0.25, -0.2) is 0 Å². The molecule has 0 aliphatic carbocycles. The van der Waals surface area contributed by atoms with Crippen molar-refractivity contribution in [2.24, 2.45) is 0 Å². The van der Waals surface area contributed by atoms with Crippen LogP contribution in [-0.4, -0.2) is 70.5 Å². The van der Waals surface area contributed by atoms with Gasteiger partial charge in [0.15, 0.2) is 0 Å². The van der Waals surface area contributed by atoms with Crippen LogP contribution < -0.4 is 0 Å². The molecule has 0 spiro atoms. The fourth-order valence-corrected chi connectivity index (χ4v) is 7.67. The minimum absolute atomic E-state index is 0.0198. The lowest BCUT2D eigenvalue weighted by atomic mass is 9.94. The van der Waals surface area contributed by atoms with Crippen molar-refractivity contribution in [3.05, 3.63) is 105 Å². The third-order valence-electron chi connectivity index (χ3n) is 9.25. The number of ether oxygens (including phenoxy) is 2. The number of hydrogen-bond acceptors (Lipinski definition) is 8. The summed E-state index contributed by atoms with van der Waals surface area (Å²) < 4.78 is 9.96. The average molecular weight is 718 g/mol. The first kappa shape index (κ1) is 36.0. The zero-order chi connectivity index (χ0) is 35.4. The summed E-state index contributed by atoms with van der Waals surface area (Å²) in [4.78, 5) is 27.9. The van der Waals surface area contributed by atoms with Gasteiger partial charge in [0.1, 0.15) is 0 Å². The summed E-state index contributed by atoms with van der Waals surface area (Å²) in [6.07, 6.45) is -1.62. The maximum absolute atomic E-state index is 11.8. The van der Waals surface area contributed by atoms with Crippen molar-refractivity contribution in [1.82, 2.24) is 9.80 Å². The van der Waals surface area contributed by atoms with Crippen molar-refractivity contribution >= 4 is 35.1 Å². The Morgan fingerprint density at radius 2 is 1.00 bits per heavy atom. The Bertz CT molecular complexity index is 1750. The fraction of sp³-hybridized carbons (Fsp3) is 0.350. The van der Waals surface area contributed by atoms with Crippen LogP contribution >= 0.6 is 23.2 Å². The van der Waals surface area contributed by atoms with Gasteiger partial charge in [0.25, 0.3) is 0 Å². The van der Waals surface area contributed by atoms with Gasteiger partial charge in [0, 0.05) is 61.5 Å². The van der Waals surface area contributed by atoms with E-state index < -0.39 is 12.2 Å². The smallest absolute Gasteiger partial charge is 0.308 e.